The number of anilines is 1. The van der Waals surface area contributed by atoms with Crippen LogP contribution >= 0.6 is 11.8 Å². The van der Waals surface area contributed by atoms with Crippen LogP contribution in [0, 0.1) is 5.92 Å². The molecule has 19 heavy (non-hydrogen) atoms. The first kappa shape index (κ1) is 14.3. The molecule has 1 atom stereocenters. The predicted molar refractivity (Wildman–Crippen MR) is 72.5 cm³/mol. The lowest BCUT2D eigenvalue weighted by atomic mass is 10.0. The Kier molecular flexibility index (Phi) is 5.15. The van der Waals surface area contributed by atoms with Gasteiger partial charge in [0.1, 0.15) is 0 Å². The van der Waals surface area contributed by atoms with E-state index in [-0.39, 0.29) is 5.91 Å². The number of nitrogens with one attached hydrogen (secondary N) is 2. The minimum Gasteiger partial charge on any atom is -0.325 e. The monoisotopic (exact) mass is 286 g/mol. The number of halogens is 2. The molecule has 1 saturated heterocycles. The summed E-state index contributed by atoms with van der Waals surface area (Å²) in [7, 11) is 0. The highest BCUT2D eigenvalue weighted by atomic mass is 32.2. The number of hydrogen-bond acceptors (Lipinski definition) is 3. The molecule has 1 amide bonds. The Morgan fingerprint density at radius 1 is 1.47 bits per heavy atom. The third-order valence-electron chi connectivity index (χ3n) is 3.01. The second kappa shape index (κ2) is 6.86. The first-order valence-electron chi connectivity index (χ1n) is 6.19. The third kappa shape index (κ3) is 4.47. The van der Waals surface area contributed by atoms with Crippen molar-refractivity contribution in [2.45, 2.75) is 23.5 Å². The van der Waals surface area contributed by atoms with E-state index in [2.05, 4.69) is 10.6 Å². The number of benzene rings is 1. The Balaban J connectivity index is 1.95. The lowest BCUT2D eigenvalue weighted by molar-refractivity contribution is -0.117. The maximum Gasteiger partial charge on any atom is 0.288 e. The topological polar surface area (TPSA) is 41.1 Å². The van der Waals surface area contributed by atoms with Crippen molar-refractivity contribution < 1.29 is 13.6 Å². The normalized spacial score (nSPS) is 18.8. The molecule has 6 heteroatoms. The van der Waals surface area contributed by atoms with E-state index < -0.39 is 5.76 Å². The van der Waals surface area contributed by atoms with Gasteiger partial charge in [0.2, 0.25) is 5.91 Å². The number of amides is 1. The fraction of sp³-hybridized carbons (Fsp3) is 0.462. The number of para-hydroxylation sites is 1. The molecule has 1 heterocycles. The molecule has 2 N–H and O–H groups in total. The molecule has 1 aliphatic rings. The van der Waals surface area contributed by atoms with Gasteiger partial charge in [-0.2, -0.15) is 8.78 Å². The molecule has 1 fully saturated rings. The minimum atomic E-state index is -2.49. The molecule has 0 aromatic heterocycles. The maximum atomic E-state index is 12.4. The van der Waals surface area contributed by atoms with E-state index in [1.54, 1.807) is 24.3 Å². The summed E-state index contributed by atoms with van der Waals surface area (Å²) in [6.45, 7) is 1.79. The van der Waals surface area contributed by atoms with Crippen LogP contribution in [0.2, 0.25) is 0 Å². The van der Waals surface area contributed by atoms with Crippen molar-refractivity contribution in [3.05, 3.63) is 24.3 Å². The number of rotatable bonds is 5. The number of carbonyl (C=O) groups excluding carboxylic acids is 1. The van der Waals surface area contributed by atoms with Gasteiger partial charge in [0, 0.05) is 11.3 Å². The van der Waals surface area contributed by atoms with Crippen molar-refractivity contribution in [1.82, 2.24) is 5.32 Å². The molecule has 1 aromatic rings. The van der Waals surface area contributed by atoms with E-state index in [1.165, 1.54) is 0 Å². The van der Waals surface area contributed by atoms with Gasteiger partial charge >= 0.3 is 0 Å². The van der Waals surface area contributed by atoms with Gasteiger partial charge in [0.05, 0.1) is 5.69 Å². The highest BCUT2D eigenvalue weighted by molar-refractivity contribution is 7.99. The van der Waals surface area contributed by atoms with Crippen LogP contribution in [0.5, 0.6) is 0 Å². The molecule has 0 spiro atoms. The fourth-order valence-corrected chi connectivity index (χ4v) is 2.72. The predicted octanol–water partition coefficient (Wildman–Crippen LogP) is 2.94. The van der Waals surface area contributed by atoms with Crippen molar-refractivity contribution in [3.8, 4) is 0 Å². The summed E-state index contributed by atoms with van der Waals surface area (Å²) in [5.41, 5.74) is 0.462. The zero-order valence-corrected chi connectivity index (χ0v) is 11.2. The Bertz CT molecular complexity index is 436. The molecular weight excluding hydrogens is 270 g/mol. The first-order valence-corrected chi connectivity index (χ1v) is 7.07. The Labute approximate surface area is 115 Å². The molecule has 0 bridgehead atoms. The highest BCUT2D eigenvalue weighted by Gasteiger charge is 2.19. The van der Waals surface area contributed by atoms with Crippen LogP contribution < -0.4 is 10.6 Å². The summed E-state index contributed by atoms with van der Waals surface area (Å²) in [6.07, 6.45) is 1.42. The second-order valence-corrected chi connectivity index (χ2v) is 5.52. The number of alkyl halides is 2. The van der Waals surface area contributed by atoms with E-state index in [0.717, 1.165) is 19.5 Å². The van der Waals surface area contributed by atoms with Crippen molar-refractivity contribution >= 4 is 23.4 Å². The Morgan fingerprint density at radius 2 is 2.26 bits per heavy atom. The first-order chi connectivity index (χ1) is 9.15. The van der Waals surface area contributed by atoms with Gasteiger partial charge in [0.15, 0.2) is 0 Å². The van der Waals surface area contributed by atoms with Crippen LogP contribution in [0.15, 0.2) is 29.2 Å². The van der Waals surface area contributed by atoms with Gasteiger partial charge in [-0.05, 0) is 37.6 Å². The summed E-state index contributed by atoms with van der Waals surface area (Å²) in [4.78, 5) is 12.3. The van der Waals surface area contributed by atoms with Crippen LogP contribution in [0.3, 0.4) is 0 Å². The molecule has 0 aliphatic carbocycles. The molecule has 104 valence electrons. The molecule has 1 aliphatic heterocycles. The number of hydrogen-bond donors (Lipinski definition) is 2. The van der Waals surface area contributed by atoms with Crippen molar-refractivity contribution in [2.24, 2.45) is 5.92 Å². The van der Waals surface area contributed by atoms with Gasteiger partial charge in [-0.25, -0.2) is 0 Å². The number of carbonyl (C=O) groups is 1. The summed E-state index contributed by atoms with van der Waals surface area (Å²) in [5, 5.41) is 5.92. The number of thioether (sulfide) groups is 1. The molecule has 2 rings (SSSR count). The van der Waals surface area contributed by atoms with Crippen molar-refractivity contribution in [1.29, 1.82) is 0 Å². The van der Waals surface area contributed by atoms with Crippen molar-refractivity contribution in [3.63, 3.8) is 0 Å². The molecule has 1 unspecified atom stereocenters. The quantitative estimate of drug-likeness (QED) is 0.818. The lowest BCUT2D eigenvalue weighted by Crippen LogP contribution is -2.18. The maximum absolute atomic E-state index is 12.4. The van der Waals surface area contributed by atoms with Crippen LogP contribution in [-0.2, 0) is 4.79 Å². The summed E-state index contributed by atoms with van der Waals surface area (Å²) in [5.74, 6) is -2.26. The fourth-order valence-electron chi connectivity index (χ4n) is 2.12. The van der Waals surface area contributed by atoms with Gasteiger partial charge in [-0.3, -0.25) is 4.79 Å². The second-order valence-electron chi connectivity index (χ2n) is 4.49. The average Bonchev–Trinajstić information content (AvgIpc) is 2.83. The van der Waals surface area contributed by atoms with Crippen LogP contribution in [0.25, 0.3) is 0 Å². The Hall–Kier alpha value is -1.14. The third-order valence-corrected chi connectivity index (χ3v) is 3.80. The average molecular weight is 286 g/mol. The van der Waals surface area contributed by atoms with E-state index in [4.69, 9.17) is 0 Å². The zero-order valence-electron chi connectivity index (χ0n) is 10.4. The van der Waals surface area contributed by atoms with Gasteiger partial charge in [-0.1, -0.05) is 23.9 Å². The largest absolute Gasteiger partial charge is 0.325 e. The molecule has 0 radical (unpaired) electrons. The van der Waals surface area contributed by atoms with E-state index >= 15 is 0 Å². The highest BCUT2D eigenvalue weighted by Crippen LogP contribution is 2.31. The van der Waals surface area contributed by atoms with E-state index in [1.807, 2.05) is 0 Å². The van der Waals surface area contributed by atoms with Crippen LogP contribution in [0.1, 0.15) is 12.8 Å². The molecule has 0 saturated carbocycles. The SMILES string of the molecule is O=C(CC1CCNC1)Nc1ccccc1SC(F)F. The lowest BCUT2D eigenvalue weighted by Gasteiger charge is -2.12. The summed E-state index contributed by atoms with van der Waals surface area (Å²) >= 11 is 0.449. The van der Waals surface area contributed by atoms with Crippen LogP contribution in [-0.4, -0.2) is 24.8 Å². The van der Waals surface area contributed by atoms with Crippen molar-refractivity contribution in [2.75, 3.05) is 18.4 Å². The van der Waals surface area contributed by atoms with Gasteiger partial charge < -0.3 is 10.6 Å². The standard InChI is InChI=1S/C13H16F2N2OS/c14-13(15)19-11-4-2-1-3-10(11)17-12(18)7-9-5-6-16-8-9/h1-4,9,13,16H,5-8H2,(H,17,18). The smallest absolute Gasteiger partial charge is 0.288 e. The summed E-state index contributed by atoms with van der Waals surface area (Å²) in [6, 6.07) is 6.64. The zero-order chi connectivity index (χ0) is 13.7. The minimum absolute atomic E-state index is 0.115. The Morgan fingerprint density at radius 3 is 2.95 bits per heavy atom. The summed E-state index contributed by atoms with van der Waals surface area (Å²) < 4.78 is 24.8. The molecular formula is C13H16F2N2OS. The van der Waals surface area contributed by atoms with Gasteiger partial charge in [0.25, 0.3) is 5.76 Å². The van der Waals surface area contributed by atoms with E-state index in [9.17, 15) is 13.6 Å². The molecule has 3 nitrogen and oxygen atoms in total. The van der Waals surface area contributed by atoms with Crippen LogP contribution in [0.4, 0.5) is 14.5 Å². The van der Waals surface area contributed by atoms with E-state index in [0.29, 0.717) is 34.7 Å². The molecule has 1 aromatic carbocycles. The van der Waals surface area contributed by atoms with Gasteiger partial charge in [-0.15, -0.1) is 0 Å².